The molecule has 1 aromatic heterocycles. The van der Waals surface area contributed by atoms with Gasteiger partial charge in [0.1, 0.15) is 0 Å². The number of aromatic amines is 1. The maximum absolute atomic E-state index is 12.0. The van der Waals surface area contributed by atoms with Gasteiger partial charge in [0.15, 0.2) is 0 Å². The molecule has 2 aromatic rings. The van der Waals surface area contributed by atoms with Crippen LogP contribution in [0.5, 0.6) is 0 Å². The standard InChI is InChI=1S/C12H14N4OS/c13-8-2-9-10(15-6-14-9)3-11(8)16-4-7(5-18)1-12(16)17/h2-3,6-7,18H,1,4-5,13H2,(H,14,15). The van der Waals surface area contributed by atoms with Crippen molar-refractivity contribution in [2.24, 2.45) is 5.92 Å². The second-order valence-electron chi connectivity index (χ2n) is 4.59. The third-order valence-corrected chi connectivity index (χ3v) is 3.84. The average molecular weight is 262 g/mol. The van der Waals surface area contributed by atoms with Crippen molar-refractivity contribution >= 4 is 40.9 Å². The van der Waals surface area contributed by atoms with E-state index in [0.717, 1.165) is 16.7 Å². The van der Waals surface area contributed by atoms with Crippen LogP contribution >= 0.6 is 12.6 Å². The van der Waals surface area contributed by atoms with Crippen molar-refractivity contribution in [3.8, 4) is 0 Å². The number of nitrogens with two attached hydrogens (primary N) is 1. The Hall–Kier alpha value is -1.69. The van der Waals surface area contributed by atoms with Gasteiger partial charge < -0.3 is 15.6 Å². The zero-order valence-electron chi connectivity index (χ0n) is 9.76. The van der Waals surface area contributed by atoms with Crippen molar-refractivity contribution in [2.75, 3.05) is 22.9 Å². The summed E-state index contributed by atoms with van der Waals surface area (Å²) in [6.07, 6.45) is 2.16. The summed E-state index contributed by atoms with van der Waals surface area (Å²) < 4.78 is 0. The number of hydrogen-bond acceptors (Lipinski definition) is 4. The highest BCUT2D eigenvalue weighted by molar-refractivity contribution is 7.80. The van der Waals surface area contributed by atoms with E-state index in [1.165, 1.54) is 0 Å². The first-order chi connectivity index (χ1) is 8.69. The van der Waals surface area contributed by atoms with Gasteiger partial charge in [0, 0.05) is 13.0 Å². The Morgan fingerprint density at radius 1 is 1.56 bits per heavy atom. The SMILES string of the molecule is Nc1cc2[nH]cnc2cc1N1CC(CS)CC1=O. The number of nitrogens with zero attached hydrogens (tertiary/aromatic N) is 2. The van der Waals surface area contributed by atoms with Crippen LogP contribution in [0.1, 0.15) is 6.42 Å². The molecule has 0 saturated carbocycles. The second kappa shape index (κ2) is 4.20. The molecule has 0 aliphatic carbocycles. The molecule has 0 bridgehead atoms. The summed E-state index contributed by atoms with van der Waals surface area (Å²) in [7, 11) is 0. The zero-order valence-corrected chi connectivity index (χ0v) is 10.7. The fraction of sp³-hybridized carbons (Fsp3) is 0.333. The predicted octanol–water partition coefficient (Wildman–Crippen LogP) is 1.43. The number of thiol groups is 1. The monoisotopic (exact) mass is 262 g/mol. The zero-order chi connectivity index (χ0) is 12.7. The highest BCUT2D eigenvalue weighted by Crippen LogP contribution is 2.32. The Bertz CT molecular complexity index is 609. The van der Waals surface area contributed by atoms with E-state index in [-0.39, 0.29) is 5.91 Å². The summed E-state index contributed by atoms with van der Waals surface area (Å²) in [4.78, 5) is 20.9. The molecular weight excluding hydrogens is 248 g/mol. The summed E-state index contributed by atoms with van der Waals surface area (Å²) in [5, 5.41) is 0. The number of nitrogen functional groups attached to an aromatic ring is 1. The lowest BCUT2D eigenvalue weighted by molar-refractivity contribution is -0.117. The molecule has 1 aliphatic rings. The summed E-state index contributed by atoms with van der Waals surface area (Å²) in [5.41, 5.74) is 9.07. The molecule has 5 nitrogen and oxygen atoms in total. The Kier molecular flexibility index (Phi) is 2.66. The molecule has 1 aromatic carbocycles. The van der Waals surface area contributed by atoms with Gasteiger partial charge in [-0.3, -0.25) is 4.79 Å². The molecule has 0 spiro atoms. The predicted molar refractivity (Wildman–Crippen MR) is 74.8 cm³/mol. The van der Waals surface area contributed by atoms with Crippen LogP contribution in [-0.2, 0) is 4.79 Å². The van der Waals surface area contributed by atoms with E-state index in [9.17, 15) is 4.79 Å². The molecule has 94 valence electrons. The normalized spacial score (nSPS) is 19.9. The fourth-order valence-electron chi connectivity index (χ4n) is 2.36. The van der Waals surface area contributed by atoms with Gasteiger partial charge in [0.25, 0.3) is 0 Å². The number of hydrogen-bond donors (Lipinski definition) is 3. The number of nitrogens with one attached hydrogen (secondary N) is 1. The summed E-state index contributed by atoms with van der Waals surface area (Å²) in [5.74, 6) is 1.12. The minimum absolute atomic E-state index is 0.107. The molecular formula is C12H14N4OS. The van der Waals surface area contributed by atoms with Gasteiger partial charge in [-0.1, -0.05) is 0 Å². The lowest BCUT2D eigenvalue weighted by Crippen LogP contribution is -2.25. The second-order valence-corrected chi connectivity index (χ2v) is 4.95. The van der Waals surface area contributed by atoms with Gasteiger partial charge in [-0.2, -0.15) is 12.6 Å². The molecule has 3 rings (SSSR count). The molecule has 6 heteroatoms. The molecule has 18 heavy (non-hydrogen) atoms. The number of imidazole rings is 1. The number of rotatable bonds is 2. The lowest BCUT2D eigenvalue weighted by atomic mass is 10.1. The van der Waals surface area contributed by atoms with E-state index in [0.29, 0.717) is 30.3 Å². The molecule has 1 atom stereocenters. The van der Waals surface area contributed by atoms with Gasteiger partial charge in [0.2, 0.25) is 5.91 Å². The minimum Gasteiger partial charge on any atom is -0.397 e. The van der Waals surface area contributed by atoms with Crippen LogP contribution < -0.4 is 10.6 Å². The molecule has 1 unspecified atom stereocenters. The van der Waals surface area contributed by atoms with Crippen molar-refractivity contribution in [3.63, 3.8) is 0 Å². The number of carbonyl (C=O) groups excluding carboxylic acids is 1. The number of carbonyl (C=O) groups is 1. The van der Waals surface area contributed by atoms with Crippen molar-refractivity contribution in [1.82, 2.24) is 9.97 Å². The molecule has 1 aliphatic heterocycles. The van der Waals surface area contributed by atoms with E-state index >= 15 is 0 Å². The van der Waals surface area contributed by atoms with Gasteiger partial charge in [-0.25, -0.2) is 4.98 Å². The quantitative estimate of drug-likeness (QED) is 0.566. The minimum atomic E-state index is 0.107. The first kappa shape index (κ1) is 11.4. The molecule has 1 fully saturated rings. The topological polar surface area (TPSA) is 75.0 Å². The first-order valence-corrected chi connectivity index (χ1v) is 6.46. The van der Waals surface area contributed by atoms with E-state index in [4.69, 9.17) is 5.73 Å². The van der Waals surface area contributed by atoms with Crippen LogP contribution in [0.2, 0.25) is 0 Å². The van der Waals surface area contributed by atoms with Crippen LogP contribution in [0.4, 0.5) is 11.4 Å². The first-order valence-electron chi connectivity index (χ1n) is 5.83. The molecule has 1 saturated heterocycles. The summed E-state index contributed by atoms with van der Waals surface area (Å²) in [6, 6.07) is 3.68. The van der Waals surface area contributed by atoms with Crippen molar-refractivity contribution in [2.45, 2.75) is 6.42 Å². The molecule has 1 amide bonds. The largest absolute Gasteiger partial charge is 0.397 e. The van der Waals surface area contributed by atoms with Crippen LogP contribution in [0.25, 0.3) is 11.0 Å². The third kappa shape index (κ3) is 1.73. The maximum Gasteiger partial charge on any atom is 0.227 e. The molecule has 0 radical (unpaired) electrons. The van der Waals surface area contributed by atoms with Crippen molar-refractivity contribution < 1.29 is 4.79 Å². The Morgan fingerprint density at radius 3 is 3.11 bits per heavy atom. The Morgan fingerprint density at radius 2 is 2.39 bits per heavy atom. The highest BCUT2D eigenvalue weighted by atomic mass is 32.1. The van der Waals surface area contributed by atoms with Gasteiger partial charge in [-0.05, 0) is 23.8 Å². The smallest absolute Gasteiger partial charge is 0.227 e. The van der Waals surface area contributed by atoms with E-state index in [1.54, 1.807) is 11.2 Å². The summed E-state index contributed by atoms with van der Waals surface area (Å²) >= 11 is 4.26. The summed E-state index contributed by atoms with van der Waals surface area (Å²) in [6.45, 7) is 0.683. The lowest BCUT2D eigenvalue weighted by Gasteiger charge is -2.18. The van der Waals surface area contributed by atoms with Gasteiger partial charge >= 0.3 is 0 Å². The van der Waals surface area contributed by atoms with Crippen LogP contribution in [0.15, 0.2) is 18.5 Å². The maximum atomic E-state index is 12.0. The molecule has 3 N–H and O–H groups in total. The van der Waals surface area contributed by atoms with Crippen LogP contribution in [0.3, 0.4) is 0 Å². The van der Waals surface area contributed by atoms with Gasteiger partial charge in [0.05, 0.1) is 28.7 Å². The fourth-order valence-corrected chi connectivity index (χ4v) is 2.60. The van der Waals surface area contributed by atoms with E-state index in [1.807, 2.05) is 12.1 Å². The van der Waals surface area contributed by atoms with Gasteiger partial charge in [-0.15, -0.1) is 0 Å². The number of benzene rings is 1. The number of H-pyrrole nitrogens is 1. The Labute approximate surface area is 110 Å². The highest BCUT2D eigenvalue weighted by Gasteiger charge is 2.30. The number of anilines is 2. The third-order valence-electron chi connectivity index (χ3n) is 3.32. The van der Waals surface area contributed by atoms with Crippen LogP contribution in [-0.4, -0.2) is 28.2 Å². The molecule has 2 heterocycles. The number of fused-ring (bicyclic) bond motifs is 1. The Balaban J connectivity index is 2.03. The van der Waals surface area contributed by atoms with Crippen molar-refractivity contribution in [3.05, 3.63) is 18.5 Å². The van der Waals surface area contributed by atoms with Crippen LogP contribution in [0, 0.1) is 5.92 Å². The average Bonchev–Trinajstić information content (AvgIpc) is 2.93. The number of aromatic nitrogens is 2. The van der Waals surface area contributed by atoms with E-state index < -0.39 is 0 Å². The van der Waals surface area contributed by atoms with Crippen molar-refractivity contribution in [1.29, 1.82) is 0 Å². The van der Waals surface area contributed by atoms with E-state index in [2.05, 4.69) is 22.6 Å². The number of amides is 1.